The molecule has 0 saturated heterocycles. The lowest BCUT2D eigenvalue weighted by molar-refractivity contribution is -0.141. The van der Waals surface area contributed by atoms with Crippen molar-refractivity contribution in [3.8, 4) is 23.0 Å². The molecule has 0 aliphatic heterocycles. The second-order valence-corrected chi connectivity index (χ2v) is 6.85. The standard InChI is InChI=1S/C24H31NO7/c1-5-31-20-9-6-7-10-21(20)32-14-8-11-23(26)25-18(16-24(27)30-4)17-12-13-19(28-2)22(15-17)29-3/h6-7,9-10,12-13,15,18H,5,8,11,14,16H2,1-4H3,(H,25,26). The molecule has 174 valence electrons. The lowest BCUT2D eigenvalue weighted by Gasteiger charge is -2.20. The zero-order valence-corrected chi connectivity index (χ0v) is 19.0. The number of hydrogen-bond acceptors (Lipinski definition) is 7. The predicted octanol–water partition coefficient (Wildman–Crippen LogP) is 3.68. The van der Waals surface area contributed by atoms with Crippen LogP contribution in [0.5, 0.6) is 23.0 Å². The van der Waals surface area contributed by atoms with Gasteiger partial charge in [0.05, 0.1) is 47.0 Å². The van der Waals surface area contributed by atoms with Crippen LogP contribution in [0.1, 0.15) is 37.8 Å². The zero-order chi connectivity index (χ0) is 23.3. The van der Waals surface area contributed by atoms with E-state index in [0.717, 1.165) is 0 Å². The monoisotopic (exact) mass is 445 g/mol. The van der Waals surface area contributed by atoms with Gasteiger partial charge >= 0.3 is 5.97 Å². The van der Waals surface area contributed by atoms with E-state index in [-0.39, 0.29) is 18.7 Å². The third-order valence-electron chi connectivity index (χ3n) is 4.70. The van der Waals surface area contributed by atoms with Crippen LogP contribution < -0.4 is 24.3 Å². The minimum Gasteiger partial charge on any atom is -0.493 e. The Kier molecular flexibility index (Phi) is 10.2. The molecule has 0 spiro atoms. The van der Waals surface area contributed by atoms with E-state index in [2.05, 4.69) is 5.32 Å². The smallest absolute Gasteiger partial charge is 0.307 e. The van der Waals surface area contributed by atoms with Crippen LogP contribution in [0, 0.1) is 0 Å². The number of rotatable bonds is 13. The Hall–Kier alpha value is -3.42. The number of carbonyl (C=O) groups is 2. The topological polar surface area (TPSA) is 92.3 Å². The van der Waals surface area contributed by atoms with Gasteiger partial charge in [-0.3, -0.25) is 9.59 Å². The second kappa shape index (κ2) is 13.1. The number of hydrogen-bond donors (Lipinski definition) is 1. The van der Waals surface area contributed by atoms with Crippen LogP contribution in [0.2, 0.25) is 0 Å². The van der Waals surface area contributed by atoms with Gasteiger partial charge in [-0.05, 0) is 43.2 Å². The fourth-order valence-corrected chi connectivity index (χ4v) is 3.10. The number of amides is 1. The molecule has 1 atom stereocenters. The Balaban J connectivity index is 1.96. The number of ether oxygens (including phenoxy) is 5. The molecule has 0 fully saturated rings. The highest BCUT2D eigenvalue weighted by molar-refractivity contribution is 5.78. The van der Waals surface area contributed by atoms with Crippen LogP contribution >= 0.6 is 0 Å². The van der Waals surface area contributed by atoms with Crippen molar-refractivity contribution < 1.29 is 33.3 Å². The first kappa shape index (κ1) is 24.8. The average molecular weight is 446 g/mol. The van der Waals surface area contributed by atoms with Crippen LogP contribution in [-0.4, -0.2) is 46.4 Å². The van der Waals surface area contributed by atoms with E-state index in [1.54, 1.807) is 25.3 Å². The molecule has 0 saturated carbocycles. The third-order valence-corrected chi connectivity index (χ3v) is 4.70. The molecule has 2 rings (SSSR count). The summed E-state index contributed by atoms with van der Waals surface area (Å²) >= 11 is 0. The maximum atomic E-state index is 12.6. The molecular formula is C24H31NO7. The Labute approximate surface area is 188 Å². The lowest BCUT2D eigenvalue weighted by Crippen LogP contribution is -2.30. The molecule has 8 heteroatoms. The highest BCUT2D eigenvalue weighted by Crippen LogP contribution is 2.31. The predicted molar refractivity (Wildman–Crippen MR) is 119 cm³/mol. The Bertz CT molecular complexity index is 884. The number of benzene rings is 2. The number of carbonyl (C=O) groups excluding carboxylic acids is 2. The fourth-order valence-electron chi connectivity index (χ4n) is 3.10. The molecule has 32 heavy (non-hydrogen) atoms. The number of para-hydroxylation sites is 2. The van der Waals surface area contributed by atoms with Crippen molar-refractivity contribution in [1.82, 2.24) is 5.32 Å². The van der Waals surface area contributed by atoms with Gasteiger partial charge in [0.2, 0.25) is 5.91 Å². The quantitative estimate of drug-likeness (QED) is 0.371. The first-order valence-corrected chi connectivity index (χ1v) is 10.4. The molecule has 1 unspecified atom stereocenters. The van der Waals surface area contributed by atoms with E-state index in [9.17, 15) is 9.59 Å². The molecule has 0 aromatic heterocycles. The maximum Gasteiger partial charge on any atom is 0.307 e. The van der Waals surface area contributed by atoms with Crippen molar-refractivity contribution in [2.24, 2.45) is 0 Å². The van der Waals surface area contributed by atoms with Gasteiger partial charge in [0.25, 0.3) is 0 Å². The van der Waals surface area contributed by atoms with Crippen LogP contribution in [0.3, 0.4) is 0 Å². The summed E-state index contributed by atoms with van der Waals surface area (Å²) in [5, 5.41) is 2.90. The summed E-state index contributed by atoms with van der Waals surface area (Å²) in [5.41, 5.74) is 0.711. The SMILES string of the molecule is CCOc1ccccc1OCCCC(=O)NC(CC(=O)OC)c1ccc(OC)c(OC)c1. The van der Waals surface area contributed by atoms with E-state index in [1.807, 2.05) is 31.2 Å². The molecule has 0 bridgehead atoms. The summed E-state index contributed by atoms with van der Waals surface area (Å²) in [7, 11) is 4.38. The van der Waals surface area contributed by atoms with Crippen molar-refractivity contribution in [1.29, 1.82) is 0 Å². The minimum atomic E-state index is -0.561. The van der Waals surface area contributed by atoms with Crippen molar-refractivity contribution in [2.75, 3.05) is 34.5 Å². The summed E-state index contributed by atoms with van der Waals surface area (Å²) in [4.78, 5) is 24.5. The molecule has 0 heterocycles. The van der Waals surface area contributed by atoms with Crippen LogP contribution in [0.25, 0.3) is 0 Å². The molecule has 0 aliphatic carbocycles. The first-order chi connectivity index (χ1) is 15.5. The Morgan fingerprint density at radius 2 is 1.59 bits per heavy atom. The van der Waals surface area contributed by atoms with Crippen molar-refractivity contribution in [2.45, 2.75) is 32.2 Å². The molecule has 1 amide bonds. The zero-order valence-electron chi connectivity index (χ0n) is 19.0. The van der Waals surface area contributed by atoms with Crippen LogP contribution in [0.4, 0.5) is 0 Å². The Morgan fingerprint density at radius 3 is 2.22 bits per heavy atom. The largest absolute Gasteiger partial charge is 0.493 e. The highest BCUT2D eigenvalue weighted by Gasteiger charge is 2.20. The van der Waals surface area contributed by atoms with Crippen LogP contribution in [0.15, 0.2) is 42.5 Å². The van der Waals surface area contributed by atoms with Gasteiger partial charge in [0, 0.05) is 6.42 Å². The van der Waals surface area contributed by atoms with Gasteiger partial charge in [-0.15, -0.1) is 0 Å². The first-order valence-electron chi connectivity index (χ1n) is 10.4. The molecule has 0 radical (unpaired) electrons. The van der Waals surface area contributed by atoms with Gasteiger partial charge in [0.15, 0.2) is 23.0 Å². The summed E-state index contributed by atoms with van der Waals surface area (Å²) in [6.45, 7) is 2.81. The number of methoxy groups -OCH3 is 3. The van der Waals surface area contributed by atoms with E-state index in [1.165, 1.54) is 14.2 Å². The van der Waals surface area contributed by atoms with Crippen LogP contribution in [-0.2, 0) is 14.3 Å². The summed E-state index contributed by atoms with van der Waals surface area (Å²) in [6, 6.07) is 12.1. The molecule has 8 nitrogen and oxygen atoms in total. The molecule has 2 aromatic carbocycles. The molecule has 0 aliphatic rings. The van der Waals surface area contributed by atoms with E-state index in [4.69, 9.17) is 23.7 Å². The summed E-state index contributed by atoms with van der Waals surface area (Å²) < 4.78 is 26.7. The van der Waals surface area contributed by atoms with Crippen molar-refractivity contribution in [3.63, 3.8) is 0 Å². The van der Waals surface area contributed by atoms with Crippen molar-refractivity contribution >= 4 is 11.9 Å². The molecule has 2 aromatic rings. The summed E-state index contributed by atoms with van der Waals surface area (Å²) in [5.74, 6) is 1.75. The molecule has 1 N–H and O–H groups in total. The van der Waals surface area contributed by atoms with Gasteiger partial charge in [-0.2, -0.15) is 0 Å². The number of nitrogens with one attached hydrogen (secondary N) is 1. The van der Waals surface area contributed by atoms with Gasteiger partial charge in [0.1, 0.15) is 0 Å². The highest BCUT2D eigenvalue weighted by atomic mass is 16.5. The minimum absolute atomic E-state index is 0.00401. The average Bonchev–Trinajstić information content (AvgIpc) is 2.81. The molecular weight excluding hydrogens is 414 g/mol. The van der Waals surface area contributed by atoms with E-state index >= 15 is 0 Å². The Morgan fingerprint density at radius 1 is 0.906 bits per heavy atom. The third kappa shape index (κ3) is 7.37. The van der Waals surface area contributed by atoms with Gasteiger partial charge in [-0.1, -0.05) is 18.2 Å². The lowest BCUT2D eigenvalue weighted by atomic mass is 10.0. The van der Waals surface area contributed by atoms with Crippen molar-refractivity contribution in [3.05, 3.63) is 48.0 Å². The fraction of sp³-hybridized carbons (Fsp3) is 0.417. The van der Waals surface area contributed by atoms with E-state index < -0.39 is 12.0 Å². The van der Waals surface area contributed by atoms with Gasteiger partial charge in [-0.25, -0.2) is 0 Å². The normalized spacial score (nSPS) is 11.2. The second-order valence-electron chi connectivity index (χ2n) is 6.85. The summed E-state index contributed by atoms with van der Waals surface area (Å²) in [6.07, 6.45) is 0.737. The number of esters is 1. The maximum absolute atomic E-state index is 12.6. The van der Waals surface area contributed by atoms with Gasteiger partial charge < -0.3 is 29.0 Å². The van der Waals surface area contributed by atoms with E-state index in [0.29, 0.717) is 48.2 Å².